The minimum Gasteiger partial charge on any atom is -0.478 e. The fourth-order valence-corrected chi connectivity index (χ4v) is 2.25. The Morgan fingerprint density at radius 3 is 3.00 bits per heavy atom. The van der Waals surface area contributed by atoms with Crippen LogP contribution in [0.2, 0.25) is 5.02 Å². The summed E-state index contributed by atoms with van der Waals surface area (Å²) in [7, 11) is 0. The van der Waals surface area contributed by atoms with Crippen LogP contribution in [0, 0.1) is 5.92 Å². The van der Waals surface area contributed by atoms with Gasteiger partial charge in [-0.25, -0.2) is 0 Å². The van der Waals surface area contributed by atoms with Crippen molar-refractivity contribution < 1.29 is 14.3 Å². The molecule has 0 unspecified atom stereocenters. The average molecular weight is 298 g/mol. The summed E-state index contributed by atoms with van der Waals surface area (Å²) in [5.41, 5.74) is -0.940. The lowest BCUT2D eigenvalue weighted by molar-refractivity contribution is -0.134. The van der Waals surface area contributed by atoms with Crippen molar-refractivity contribution in [1.82, 2.24) is 5.32 Å². The zero-order chi connectivity index (χ0) is 14.6. The van der Waals surface area contributed by atoms with Gasteiger partial charge in [-0.3, -0.25) is 4.79 Å². The summed E-state index contributed by atoms with van der Waals surface area (Å²) in [6.45, 7) is 5.61. The zero-order valence-electron chi connectivity index (χ0n) is 11.8. The van der Waals surface area contributed by atoms with Crippen LogP contribution >= 0.6 is 11.6 Å². The molecule has 0 radical (unpaired) electrons. The normalized spacial score (nSPS) is 18.9. The van der Waals surface area contributed by atoms with Gasteiger partial charge in [0.2, 0.25) is 0 Å². The Morgan fingerprint density at radius 2 is 2.35 bits per heavy atom. The van der Waals surface area contributed by atoms with Crippen molar-refractivity contribution in [3.8, 4) is 5.75 Å². The molecule has 4 nitrogen and oxygen atoms in total. The van der Waals surface area contributed by atoms with Gasteiger partial charge in [0.1, 0.15) is 5.75 Å². The van der Waals surface area contributed by atoms with Crippen molar-refractivity contribution in [1.29, 1.82) is 0 Å². The van der Waals surface area contributed by atoms with Gasteiger partial charge in [-0.05, 0) is 38.5 Å². The number of carbonyl (C=O) groups is 1. The third-order valence-corrected chi connectivity index (χ3v) is 3.53. The lowest BCUT2D eigenvalue weighted by atomic mass is 10.1. The van der Waals surface area contributed by atoms with E-state index >= 15 is 0 Å². The number of halogens is 1. The molecule has 0 spiro atoms. The number of benzene rings is 1. The Hall–Kier alpha value is -1.26. The van der Waals surface area contributed by atoms with Crippen LogP contribution in [0.5, 0.6) is 5.75 Å². The van der Waals surface area contributed by atoms with Gasteiger partial charge in [-0.2, -0.15) is 0 Å². The van der Waals surface area contributed by atoms with E-state index in [4.69, 9.17) is 21.1 Å². The lowest BCUT2D eigenvalue weighted by Crippen LogP contribution is -2.47. The van der Waals surface area contributed by atoms with E-state index in [9.17, 15) is 4.79 Å². The van der Waals surface area contributed by atoms with E-state index in [0.29, 0.717) is 23.2 Å². The lowest BCUT2D eigenvalue weighted by Gasteiger charge is -2.26. The summed E-state index contributed by atoms with van der Waals surface area (Å²) in [6.07, 6.45) is 0.996. The van der Waals surface area contributed by atoms with Gasteiger partial charge in [0.15, 0.2) is 5.60 Å². The van der Waals surface area contributed by atoms with Gasteiger partial charge in [0.25, 0.3) is 5.91 Å². The Labute approximate surface area is 124 Å². The number of hydrogen-bond donors (Lipinski definition) is 1. The van der Waals surface area contributed by atoms with Crippen molar-refractivity contribution in [2.24, 2.45) is 5.92 Å². The molecule has 5 heteroatoms. The Kier molecular flexibility index (Phi) is 4.89. The molecule has 1 amide bonds. The highest BCUT2D eigenvalue weighted by molar-refractivity contribution is 6.30. The molecule has 20 heavy (non-hydrogen) atoms. The average Bonchev–Trinajstić information content (AvgIpc) is 2.88. The van der Waals surface area contributed by atoms with Crippen molar-refractivity contribution in [2.75, 3.05) is 19.8 Å². The quantitative estimate of drug-likeness (QED) is 0.909. The second-order valence-corrected chi connectivity index (χ2v) is 5.95. The van der Waals surface area contributed by atoms with Gasteiger partial charge < -0.3 is 14.8 Å². The van der Waals surface area contributed by atoms with Gasteiger partial charge in [-0.15, -0.1) is 0 Å². The Bertz CT molecular complexity index is 470. The maximum Gasteiger partial charge on any atom is 0.263 e. The smallest absolute Gasteiger partial charge is 0.263 e. The maximum absolute atomic E-state index is 12.2. The molecule has 1 aliphatic rings. The van der Waals surface area contributed by atoms with Crippen LogP contribution in [0.15, 0.2) is 24.3 Å². The van der Waals surface area contributed by atoms with Crippen LogP contribution in [0.25, 0.3) is 0 Å². The van der Waals surface area contributed by atoms with E-state index in [0.717, 1.165) is 19.6 Å². The van der Waals surface area contributed by atoms with E-state index < -0.39 is 5.60 Å². The largest absolute Gasteiger partial charge is 0.478 e. The first-order valence-corrected chi connectivity index (χ1v) is 7.16. The first-order chi connectivity index (χ1) is 9.47. The first kappa shape index (κ1) is 15.1. The number of carbonyl (C=O) groups excluding carboxylic acids is 1. The maximum atomic E-state index is 12.2. The summed E-state index contributed by atoms with van der Waals surface area (Å²) >= 11 is 5.91. The monoisotopic (exact) mass is 297 g/mol. The topological polar surface area (TPSA) is 47.6 Å². The van der Waals surface area contributed by atoms with Crippen LogP contribution in [0.4, 0.5) is 0 Å². The molecule has 1 atom stereocenters. The Morgan fingerprint density at radius 1 is 1.55 bits per heavy atom. The predicted octanol–water partition coefficient (Wildman–Crippen LogP) is 2.65. The number of hydrogen-bond acceptors (Lipinski definition) is 3. The molecule has 1 fully saturated rings. The summed E-state index contributed by atoms with van der Waals surface area (Å²) in [6, 6.07) is 7.04. The number of rotatable bonds is 5. The van der Waals surface area contributed by atoms with Gasteiger partial charge >= 0.3 is 0 Å². The highest BCUT2D eigenvalue weighted by Gasteiger charge is 2.30. The summed E-state index contributed by atoms with van der Waals surface area (Å²) < 4.78 is 11.0. The van der Waals surface area contributed by atoms with Crippen LogP contribution < -0.4 is 10.1 Å². The second-order valence-electron chi connectivity index (χ2n) is 5.51. The van der Waals surface area contributed by atoms with Crippen molar-refractivity contribution in [3.05, 3.63) is 29.3 Å². The van der Waals surface area contributed by atoms with Gasteiger partial charge in [0, 0.05) is 24.1 Å². The summed E-state index contributed by atoms with van der Waals surface area (Å²) in [5, 5.41) is 3.51. The molecule has 1 heterocycles. The third kappa shape index (κ3) is 4.12. The standard InChI is InChI=1S/C15H20ClNO3/c1-15(2,20-13-5-3-4-12(16)8-13)14(18)17-9-11-6-7-19-10-11/h3-5,8,11H,6-7,9-10H2,1-2H3,(H,17,18)/t11-/m0/s1. The molecule has 0 aromatic heterocycles. The second kappa shape index (κ2) is 6.46. The molecule has 1 saturated heterocycles. The van der Waals surface area contributed by atoms with E-state index in [1.165, 1.54) is 0 Å². The van der Waals surface area contributed by atoms with Gasteiger partial charge in [-0.1, -0.05) is 17.7 Å². The van der Waals surface area contributed by atoms with Crippen LogP contribution in [-0.4, -0.2) is 31.3 Å². The minimum atomic E-state index is -0.940. The molecule has 1 aliphatic heterocycles. The van der Waals surface area contributed by atoms with Crippen molar-refractivity contribution >= 4 is 17.5 Å². The number of amides is 1. The van der Waals surface area contributed by atoms with E-state index in [1.54, 1.807) is 38.1 Å². The van der Waals surface area contributed by atoms with Crippen molar-refractivity contribution in [2.45, 2.75) is 25.9 Å². The molecule has 110 valence electrons. The molecule has 2 rings (SSSR count). The third-order valence-electron chi connectivity index (χ3n) is 3.29. The fourth-order valence-electron chi connectivity index (χ4n) is 2.07. The number of nitrogens with one attached hydrogen (secondary N) is 1. The number of ether oxygens (including phenoxy) is 2. The van der Waals surface area contributed by atoms with Crippen molar-refractivity contribution in [3.63, 3.8) is 0 Å². The van der Waals surface area contributed by atoms with E-state index in [-0.39, 0.29) is 5.91 Å². The minimum absolute atomic E-state index is 0.135. The molecule has 1 aromatic carbocycles. The molecule has 0 aliphatic carbocycles. The van der Waals surface area contributed by atoms with Gasteiger partial charge in [0.05, 0.1) is 6.61 Å². The van der Waals surface area contributed by atoms with E-state index in [2.05, 4.69) is 5.32 Å². The van der Waals surface area contributed by atoms with Crippen LogP contribution in [-0.2, 0) is 9.53 Å². The van der Waals surface area contributed by atoms with E-state index in [1.807, 2.05) is 0 Å². The molecule has 0 saturated carbocycles. The molecule has 1 aromatic rings. The summed E-state index contributed by atoms with van der Waals surface area (Å²) in [4.78, 5) is 12.2. The molecule has 1 N–H and O–H groups in total. The molecule has 0 bridgehead atoms. The molecular weight excluding hydrogens is 278 g/mol. The Balaban J connectivity index is 1.89. The van der Waals surface area contributed by atoms with Crippen LogP contribution in [0.1, 0.15) is 20.3 Å². The fraction of sp³-hybridized carbons (Fsp3) is 0.533. The highest BCUT2D eigenvalue weighted by Crippen LogP contribution is 2.22. The predicted molar refractivity (Wildman–Crippen MR) is 78.1 cm³/mol. The first-order valence-electron chi connectivity index (χ1n) is 6.78. The summed E-state index contributed by atoms with van der Waals surface area (Å²) in [5.74, 6) is 0.854. The SMILES string of the molecule is CC(C)(Oc1cccc(Cl)c1)C(=O)NC[C@@H]1CCOC1. The highest BCUT2D eigenvalue weighted by atomic mass is 35.5. The van der Waals surface area contributed by atoms with Crippen LogP contribution in [0.3, 0.4) is 0 Å². The molecular formula is C15H20ClNO3. The zero-order valence-corrected chi connectivity index (χ0v) is 12.6.